The highest BCUT2D eigenvalue weighted by molar-refractivity contribution is 6.04. The van der Waals surface area contributed by atoms with Gasteiger partial charge in [0.25, 0.3) is 0 Å². The molecule has 1 aromatic heterocycles. The molecule has 1 heterocycles. The van der Waals surface area contributed by atoms with Gasteiger partial charge in [0, 0.05) is 16.5 Å². The van der Waals surface area contributed by atoms with Gasteiger partial charge in [-0.15, -0.1) is 0 Å². The number of nitrogens with zero attached hydrogens (tertiary/aromatic N) is 1. The SMILES string of the molecule is c1ccc(-c2cccc(-c3cccc(-c4cccc(-c5cccc(-c6cc7ccccc7c(-c7cc(-c8ccccc8)c8ccccc8c7)n6)c5)c4)c3)c2)cc1. The van der Waals surface area contributed by atoms with Crippen LogP contribution < -0.4 is 0 Å². The topological polar surface area (TPSA) is 12.9 Å². The number of pyridine rings is 1. The molecule has 262 valence electrons. The standard InChI is InChI=1S/C55H37N/c1-3-15-38(16-4-1)40-21-11-22-41(31-40)42-23-12-24-43(32-42)44-25-13-26-45(33-44)46-27-14-28-49(34-46)54-37-48-20-8-10-30-52(48)55(56-54)50-35-47-19-7-9-29-51(47)53(36-50)39-17-5-2-6-18-39/h1-37H. The van der Waals surface area contributed by atoms with Gasteiger partial charge in [0.05, 0.1) is 11.4 Å². The minimum absolute atomic E-state index is 0.955. The van der Waals surface area contributed by atoms with Crippen LogP contribution in [0.3, 0.4) is 0 Å². The molecule has 0 spiro atoms. The summed E-state index contributed by atoms with van der Waals surface area (Å²) in [4.78, 5) is 5.45. The Morgan fingerprint density at radius 1 is 0.232 bits per heavy atom. The Labute approximate surface area is 327 Å². The summed E-state index contributed by atoms with van der Waals surface area (Å²) < 4.78 is 0. The van der Waals surface area contributed by atoms with E-state index in [4.69, 9.17) is 4.98 Å². The largest absolute Gasteiger partial charge is 0.247 e. The number of aromatic nitrogens is 1. The summed E-state index contributed by atoms with van der Waals surface area (Å²) in [5, 5.41) is 4.75. The number of fused-ring (bicyclic) bond motifs is 2. The van der Waals surface area contributed by atoms with E-state index >= 15 is 0 Å². The molecular weight excluding hydrogens is 675 g/mol. The van der Waals surface area contributed by atoms with Gasteiger partial charge in [0.15, 0.2) is 0 Å². The molecule has 0 aliphatic carbocycles. The van der Waals surface area contributed by atoms with E-state index < -0.39 is 0 Å². The zero-order valence-electron chi connectivity index (χ0n) is 30.8. The first-order valence-corrected chi connectivity index (χ1v) is 19.2. The summed E-state index contributed by atoms with van der Waals surface area (Å²) in [5.74, 6) is 0. The minimum atomic E-state index is 0.955. The summed E-state index contributed by atoms with van der Waals surface area (Å²) in [6.07, 6.45) is 0. The summed E-state index contributed by atoms with van der Waals surface area (Å²) in [6.45, 7) is 0. The average molecular weight is 712 g/mol. The van der Waals surface area contributed by atoms with Crippen molar-refractivity contribution in [2.24, 2.45) is 0 Å². The third-order valence-electron chi connectivity index (χ3n) is 10.8. The second-order valence-corrected chi connectivity index (χ2v) is 14.4. The van der Waals surface area contributed by atoms with E-state index in [0.29, 0.717) is 0 Å². The molecule has 0 saturated heterocycles. The third kappa shape index (κ3) is 6.46. The number of hydrogen-bond acceptors (Lipinski definition) is 1. The lowest BCUT2D eigenvalue weighted by Gasteiger charge is -2.14. The van der Waals surface area contributed by atoms with E-state index in [9.17, 15) is 0 Å². The van der Waals surface area contributed by atoms with Crippen LogP contribution in [0.2, 0.25) is 0 Å². The lowest BCUT2D eigenvalue weighted by Crippen LogP contribution is -1.93. The van der Waals surface area contributed by atoms with Crippen molar-refractivity contribution < 1.29 is 0 Å². The van der Waals surface area contributed by atoms with Crippen molar-refractivity contribution in [3.8, 4) is 78.1 Å². The van der Waals surface area contributed by atoms with Gasteiger partial charge in [-0.25, -0.2) is 4.98 Å². The Bertz CT molecular complexity index is 3020. The fourth-order valence-electron chi connectivity index (χ4n) is 7.99. The molecule has 10 rings (SSSR count). The number of hydrogen-bond donors (Lipinski definition) is 0. The summed E-state index contributed by atoms with van der Waals surface area (Å²) >= 11 is 0. The van der Waals surface area contributed by atoms with E-state index in [-0.39, 0.29) is 0 Å². The maximum absolute atomic E-state index is 5.45. The van der Waals surface area contributed by atoms with E-state index in [0.717, 1.165) is 33.5 Å². The van der Waals surface area contributed by atoms with Crippen LogP contribution in [0.4, 0.5) is 0 Å². The predicted molar refractivity (Wildman–Crippen MR) is 237 cm³/mol. The zero-order chi connectivity index (χ0) is 37.3. The smallest absolute Gasteiger partial charge is 0.0788 e. The Hall–Kier alpha value is -7.35. The molecule has 0 radical (unpaired) electrons. The molecule has 0 bridgehead atoms. The van der Waals surface area contributed by atoms with E-state index in [2.05, 4.69) is 224 Å². The molecule has 10 aromatic rings. The van der Waals surface area contributed by atoms with Crippen molar-refractivity contribution in [2.75, 3.05) is 0 Å². The second kappa shape index (κ2) is 14.5. The third-order valence-corrected chi connectivity index (χ3v) is 10.8. The molecule has 1 nitrogen and oxygen atoms in total. The number of rotatable bonds is 7. The molecule has 0 unspecified atom stereocenters. The first-order chi connectivity index (χ1) is 27.7. The molecule has 1 heteroatoms. The highest BCUT2D eigenvalue weighted by Crippen LogP contribution is 2.38. The van der Waals surface area contributed by atoms with Crippen molar-refractivity contribution in [1.29, 1.82) is 0 Å². The lowest BCUT2D eigenvalue weighted by molar-refractivity contribution is 1.35. The van der Waals surface area contributed by atoms with Crippen LogP contribution in [-0.2, 0) is 0 Å². The van der Waals surface area contributed by atoms with Gasteiger partial charge in [0.2, 0.25) is 0 Å². The van der Waals surface area contributed by atoms with Crippen LogP contribution >= 0.6 is 0 Å². The maximum atomic E-state index is 5.45. The number of benzene rings is 9. The van der Waals surface area contributed by atoms with E-state index in [1.807, 2.05) is 0 Å². The summed E-state index contributed by atoms with van der Waals surface area (Å²) in [7, 11) is 0. The van der Waals surface area contributed by atoms with E-state index in [1.165, 1.54) is 66.2 Å². The molecule has 0 amide bonds. The maximum Gasteiger partial charge on any atom is 0.0788 e. The van der Waals surface area contributed by atoms with Crippen molar-refractivity contribution in [3.63, 3.8) is 0 Å². The van der Waals surface area contributed by atoms with Gasteiger partial charge in [-0.2, -0.15) is 0 Å². The first-order valence-electron chi connectivity index (χ1n) is 19.2. The molecule has 9 aromatic carbocycles. The summed E-state index contributed by atoms with van der Waals surface area (Å²) in [6, 6.07) is 80.7. The molecule has 0 atom stereocenters. The van der Waals surface area contributed by atoms with Crippen LogP contribution in [-0.4, -0.2) is 4.98 Å². The Kier molecular flexibility index (Phi) is 8.59. The highest BCUT2D eigenvalue weighted by atomic mass is 14.7. The van der Waals surface area contributed by atoms with Crippen molar-refractivity contribution in [1.82, 2.24) is 4.98 Å². The molecule has 0 N–H and O–H groups in total. The van der Waals surface area contributed by atoms with Crippen molar-refractivity contribution >= 4 is 21.5 Å². The Morgan fingerprint density at radius 3 is 1.18 bits per heavy atom. The Morgan fingerprint density at radius 2 is 0.625 bits per heavy atom. The fourth-order valence-corrected chi connectivity index (χ4v) is 7.99. The minimum Gasteiger partial charge on any atom is -0.247 e. The van der Waals surface area contributed by atoms with Gasteiger partial charge >= 0.3 is 0 Å². The second-order valence-electron chi connectivity index (χ2n) is 14.4. The average Bonchev–Trinajstić information content (AvgIpc) is 3.29. The lowest BCUT2D eigenvalue weighted by atomic mass is 9.92. The van der Waals surface area contributed by atoms with Crippen LogP contribution in [0.1, 0.15) is 0 Å². The first kappa shape index (κ1) is 33.2. The Balaban J connectivity index is 1.02. The van der Waals surface area contributed by atoms with Crippen molar-refractivity contribution in [3.05, 3.63) is 224 Å². The normalized spacial score (nSPS) is 11.2. The summed E-state index contributed by atoms with van der Waals surface area (Å²) in [5.41, 5.74) is 16.1. The van der Waals surface area contributed by atoms with E-state index in [1.54, 1.807) is 0 Å². The van der Waals surface area contributed by atoms with Crippen LogP contribution in [0.15, 0.2) is 224 Å². The molecule has 0 aliphatic rings. The molecular formula is C55H37N. The van der Waals surface area contributed by atoms with Gasteiger partial charge in [-0.3, -0.25) is 0 Å². The van der Waals surface area contributed by atoms with Gasteiger partial charge in [0.1, 0.15) is 0 Å². The van der Waals surface area contributed by atoms with Gasteiger partial charge in [-0.1, -0.05) is 182 Å². The highest BCUT2D eigenvalue weighted by Gasteiger charge is 2.15. The van der Waals surface area contributed by atoms with Crippen LogP contribution in [0, 0.1) is 0 Å². The molecule has 0 saturated carbocycles. The van der Waals surface area contributed by atoms with Gasteiger partial charge in [-0.05, 0) is 114 Å². The predicted octanol–water partition coefficient (Wildman–Crippen LogP) is 15.1. The quantitative estimate of drug-likeness (QED) is 0.160. The van der Waals surface area contributed by atoms with Crippen molar-refractivity contribution in [2.45, 2.75) is 0 Å². The molecule has 0 aliphatic heterocycles. The van der Waals surface area contributed by atoms with Gasteiger partial charge < -0.3 is 0 Å². The monoisotopic (exact) mass is 711 g/mol. The zero-order valence-corrected chi connectivity index (χ0v) is 30.8. The molecule has 0 fully saturated rings. The molecule has 56 heavy (non-hydrogen) atoms. The van der Waals surface area contributed by atoms with Crippen LogP contribution in [0.25, 0.3) is 99.7 Å². The van der Waals surface area contributed by atoms with Crippen LogP contribution in [0.5, 0.6) is 0 Å². The fraction of sp³-hybridized carbons (Fsp3) is 0.